The third kappa shape index (κ3) is 1.47. The SMILES string of the molecule is Cc1cccc2c1C(=O)C(=O)N2n1nnc2ccccc21. The van der Waals surface area contributed by atoms with Crippen molar-refractivity contribution < 1.29 is 9.59 Å². The fourth-order valence-electron chi connectivity index (χ4n) is 2.63. The zero-order chi connectivity index (χ0) is 14.6. The van der Waals surface area contributed by atoms with E-state index in [0.29, 0.717) is 22.3 Å². The Morgan fingerprint density at radius 1 is 1.00 bits per heavy atom. The average molecular weight is 278 g/mol. The molecule has 0 atom stereocenters. The number of hydrogen-bond acceptors (Lipinski definition) is 4. The van der Waals surface area contributed by atoms with E-state index in [-0.39, 0.29) is 0 Å². The lowest BCUT2D eigenvalue weighted by Crippen LogP contribution is -2.35. The largest absolute Gasteiger partial charge is 0.319 e. The Labute approximate surface area is 119 Å². The maximum Gasteiger partial charge on any atom is 0.319 e. The molecule has 1 amide bonds. The van der Waals surface area contributed by atoms with E-state index in [1.54, 1.807) is 18.2 Å². The van der Waals surface area contributed by atoms with Crippen molar-refractivity contribution in [1.29, 1.82) is 0 Å². The molecule has 0 aliphatic carbocycles. The van der Waals surface area contributed by atoms with Gasteiger partial charge in [0.15, 0.2) is 0 Å². The smallest absolute Gasteiger partial charge is 0.283 e. The Kier molecular flexibility index (Phi) is 2.24. The molecule has 0 bridgehead atoms. The van der Waals surface area contributed by atoms with Gasteiger partial charge >= 0.3 is 5.91 Å². The van der Waals surface area contributed by atoms with Gasteiger partial charge < -0.3 is 0 Å². The minimum Gasteiger partial charge on any atom is -0.283 e. The van der Waals surface area contributed by atoms with Gasteiger partial charge in [-0.3, -0.25) is 9.59 Å². The number of rotatable bonds is 1. The Balaban J connectivity index is 2.00. The molecule has 6 heteroatoms. The summed E-state index contributed by atoms with van der Waals surface area (Å²) in [6.45, 7) is 1.81. The van der Waals surface area contributed by atoms with Crippen molar-refractivity contribution in [3.05, 3.63) is 53.6 Å². The van der Waals surface area contributed by atoms with Crippen molar-refractivity contribution >= 4 is 28.4 Å². The van der Waals surface area contributed by atoms with Gasteiger partial charge in [-0.1, -0.05) is 24.3 Å². The molecule has 1 aliphatic rings. The molecule has 2 heterocycles. The van der Waals surface area contributed by atoms with Gasteiger partial charge in [0, 0.05) is 0 Å². The molecular formula is C15H10N4O2. The van der Waals surface area contributed by atoms with Crippen molar-refractivity contribution in [2.24, 2.45) is 0 Å². The molecule has 102 valence electrons. The van der Waals surface area contributed by atoms with Crippen LogP contribution in [0.1, 0.15) is 15.9 Å². The summed E-state index contributed by atoms with van der Waals surface area (Å²) >= 11 is 0. The molecule has 3 aromatic rings. The Hall–Kier alpha value is -3.02. The standard InChI is InChI=1S/C15H10N4O2/c1-9-5-4-8-12-13(9)14(20)15(21)18(12)19-11-7-3-2-6-10(11)16-17-19/h2-8H,1H3. The summed E-state index contributed by atoms with van der Waals surface area (Å²) in [5, 5.41) is 9.31. The highest BCUT2D eigenvalue weighted by atomic mass is 16.2. The summed E-state index contributed by atoms with van der Waals surface area (Å²) in [6, 6.07) is 12.7. The molecule has 0 radical (unpaired) electrons. The summed E-state index contributed by atoms with van der Waals surface area (Å²) in [5.74, 6) is -1.13. The maximum atomic E-state index is 12.3. The molecule has 0 N–H and O–H groups in total. The van der Waals surface area contributed by atoms with Crippen LogP contribution in [0.5, 0.6) is 0 Å². The van der Waals surface area contributed by atoms with Crippen LogP contribution in [0.2, 0.25) is 0 Å². The fraction of sp³-hybridized carbons (Fsp3) is 0.0667. The molecular weight excluding hydrogens is 268 g/mol. The average Bonchev–Trinajstić information content (AvgIpc) is 3.01. The number of fused-ring (bicyclic) bond motifs is 2. The topological polar surface area (TPSA) is 68.1 Å². The Morgan fingerprint density at radius 2 is 1.81 bits per heavy atom. The van der Waals surface area contributed by atoms with E-state index >= 15 is 0 Å². The molecule has 0 unspecified atom stereocenters. The summed E-state index contributed by atoms with van der Waals surface area (Å²) < 4.78 is 0. The minimum absolute atomic E-state index is 0.432. The number of ketones is 1. The van der Waals surface area contributed by atoms with Crippen LogP contribution < -0.4 is 5.01 Å². The van der Waals surface area contributed by atoms with Crippen molar-refractivity contribution in [1.82, 2.24) is 15.1 Å². The molecule has 4 rings (SSSR count). The van der Waals surface area contributed by atoms with Crippen molar-refractivity contribution in [2.75, 3.05) is 5.01 Å². The van der Waals surface area contributed by atoms with Gasteiger partial charge in [0.25, 0.3) is 5.78 Å². The van der Waals surface area contributed by atoms with Crippen LogP contribution in [0.3, 0.4) is 0 Å². The predicted molar refractivity (Wildman–Crippen MR) is 75.9 cm³/mol. The second-order valence-corrected chi connectivity index (χ2v) is 4.88. The molecule has 0 saturated heterocycles. The first-order valence-electron chi connectivity index (χ1n) is 6.47. The van der Waals surface area contributed by atoms with Crippen molar-refractivity contribution in [3.8, 4) is 0 Å². The second-order valence-electron chi connectivity index (χ2n) is 4.88. The highest BCUT2D eigenvalue weighted by Crippen LogP contribution is 2.32. The summed E-state index contributed by atoms with van der Waals surface area (Å²) in [5.41, 5.74) is 3.09. The summed E-state index contributed by atoms with van der Waals surface area (Å²) in [7, 11) is 0. The first-order valence-corrected chi connectivity index (χ1v) is 6.47. The van der Waals surface area contributed by atoms with Crippen LogP contribution in [0.15, 0.2) is 42.5 Å². The maximum absolute atomic E-state index is 12.3. The number of aryl methyl sites for hydroxylation is 1. The number of carbonyl (C=O) groups excluding carboxylic acids is 2. The number of hydrogen-bond donors (Lipinski definition) is 0. The van der Waals surface area contributed by atoms with Gasteiger partial charge in [0.1, 0.15) is 11.0 Å². The normalized spacial score (nSPS) is 14.0. The van der Waals surface area contributed by atoms with E-state index in [9.17, 15) is 9.59 Å². The number of nitrogens with zero attached hydrogens (tertiary/aromatic N) is 4. The zero-order valence-electron chi connectivity index (χ0n) is 11.1. The van der Waals surface area contributed by atoms with E-state index in [0.717, 1.165) is 5.56 Å². The zero-order valence-corrected chi connectivity index (χ0v) is 11.1. The van der Waals surface area contributed by atoms with Gasteiger partial charge in [-0.2, -0.15) is 5.01 Å². The highest BCUT2D eigenvalue weighted by molar-refractivity contribution is 6.52. The third-order valence-electron chi connectivity index (χ3n) is 3.62. The lowest BCUT2D eigenvalue weighted by molar-refractivity contribution is -0.114. The lowest BCUT2D eigenvalue weighted by Gasteiger charge is -2.16. The van der Waals surface area contributed by atoms with E-state index in [2.05, 4.69) is 10.3 Å². The number of anilines is 1. The number of amides is 1. The third-order valence-corrected chi connectivity index (χ3v) is 3.62. The van der Waals surface area contributed by atoms with E-state index in [1.165, 1.54) is 9.80 Å². The molecule has 0 saturated carbocycles. The Morgan fingerprint density at radius 3 is 2.67 bits per heavy atom. The number of para-hydroxylation sites is 1. The minimum atomic E-state index is -0.616. The molecule has 21 heavy (non-hydrogen) atoms. The van der Waals surface area contributed by atoms with Crippen molar-refractivity contribution in [2.45, 2.75) is 6.92 Å². The first-order chi connectivity index (χ1) is 10.2. The quantitative estimate of drug-likeness (QED) is 0.636. The van der Waals surface area contributed by atoms with Crippen LogP contribution in [-0.4, -0.2) is 26.8 Å². The second kappa shape index (κ2) is 3.99. The van der Waals surface area contributed by atoms with Crippen LogP contribution in [-0.2, 0) is 4.79 Å². The molecule has 0 spiro atoms. The predicted octanol–water partition coefficient (Wildman–Crippen LogP) is 1.73. The van der Waals surface area contributed by atoms with Crippen LogP contribution in [0, 0.1) is 6.92 Å². The van der Waals surface area contributed by atoms with Gasteiger partial charge in [0.2, 0.25) is 0 Å². The molecule has 6 nitrogen and oxygen atoms in total. The number of Topliss-reactive ketones (excluding diaryl/α,β-unsaturated/α-hetero) is 1. The van der Waals surface area contributed by atoms with E-state index in [1.807, 2.05) is 31.2 Å². The van der Waals surface area contributed by atoms with Gasteiger partial charge in [0.05, 0.1) is 11.3 Å². The van der Waals surface area contributed by atoms with Gasteiger partial charge in [-0.05, 0) is 35.9 Å². The van der Waals surface area contributed by atoms with Crippen LogP contribution in [0.4, 0.5) is 5.69 Å². The fourth-order valence-corrected chi connectivity index (χ4v) is 2.63. The van der Waals surface area contributed by atoms with Gasteiger partial charge in [-0.15, -0.1) is 9.89 Å². The Bertz CT molecular complexity index is 913. The number of benzene rings is 2. The van der Waals surface area contributed by atoms with Crippen LogP contribution in [0.25, 0.3) is 11.0 Å². The first kappa shape index (κ1) is 11.8. The van der Waals surface area contributed by atoms with Gasteiger partial charge in [-0.25, -0.2) is 0 Å². The van der Waals surface area contributed by atoms with E-state index in [4.69, 9.17) is 0 Å². The summed E-state index contributed by atoms with van der Waals surface area (Å²) in [4.78, 5) is 25.9. The molecule has 2 aromatic carbocycles. The van der Waals surface area contributed by atoms with E-state index < -0.39 is 11.7 Å². The number of carbonyl (C=O) groups is 2. The monoisotopic (exact) mass is 278 g/mol. The molecule has 1 aromatic heterocycles. The molecule has 1 aliphatic heterocycles. The highest BCUT2D eigenvalue weighted by Gasteiger charge is 2.39. The van der Waals surface area contributed by atoms with Crippen molar-refractivity contribution in [3.63, 3.8) is 0 Å². The van der Waals surface area contributed by atoms with Crippen LogP contribution >= 0.6 is 0 Å². The lowest BCUT2D eigenvalue weighted by atomic mass is 10.1. The molecule has 0 fully saturated rings. The number of aromatic nitrogens is 3. The summed E-state index contributed by atoms with van der Waals surface area (Å²) in [6.07, 6.45) is 0.